The molecular formula is C25H27N5O2. The topological polar surface area (TPSA) is 69.6 Å². The molecule has 4 heterocycles. The minimum Gasteiger partial charge on any atom is -0.340 e. The summed E-state index contributed by atoms with van der Waals surface area (Å²) in [6, 6.07) is 16.0. The third-order valence-corrected chi connectivity index (χ3v) is 6.64. The predicted octanol–water partition coefficient (Wildman–Crippen LogP) is 2.32. The van der Waals surface area contributed by atoms with Crippen LogP contribution in [0.3, 0.4) is 0 Å². The van der Waals surface area contributed by atoms with Crippen molar-refractivity contribution in [1.29, 1.82) is 0 Å². The summed E-state index contributed by atoms with van der Waals surface area (Å²) in [5, 5.41) is 1.13. The standard InChI is InChI=1S/C25H27N5O2/c1-28-23-10-12-29(15-20-9-8-19-6-2-3-7-22(19)27-20)16-21(23)25(32)30(17-24(28)31)14-18-5-4-11-26-13-18/h2-9,11,13,21,23H,10,12,14-17H2,1H3/t21-,23+/m0/s1. The van der Waals surface area contributed by atoms with Gasteiger partial charge in [-0.25, -0.2) is 0 Å². The van der Waals surface area contributed by atoms with Crippen LogP contribution in [0.25, 0.3) is 10.9 Å². The highest BCUT2D eigenvalue weighted by Gasteiger charge is 2.43. The molecule has 0 spiro atoms. The van der Waals surface area contributed by atoms with Gasteiger partial charge in [-0.1, -0.05) is 30.3 Å². The van der Waals surface area contributed by atoms with Crippen LogP contribution >= 0.6 is 0 Å². The second kappa shape index (κ2) is 8.67. The summed E-state index contributed by atoms with van der Waals surface area (Å²) in [6.07, 6.45) is 4.25. The number of nitrogens with zero attached hydrogens (tertiary/aromatic N) is 5. The molecule has 3 aromatic rings. The lowest BCUT2D eigenvalue weighted by Gasteiger charge is -2.40. The predicted molar refractivity (Wildman–Crippen MR) is 121 cm³/mol. The Morgan fingerprint density at radius 1 is 1.03 bits per heavy atom. The van der Waals surface area contributed by atoms with E-state index in [0.717, 1.165) is 35.1 Å². The molecule has 0 bridgehead atoms. The molecule has 2 atom stereocenters. The molecule has 1 aromatic carbocycles. The van der Waals surface area contributed by atoms with Gasteiger partial charge in [-0.15, -0.1) is 0 Å². The van der Waals surface area contributed by atoms with Gasteiger partial charge in [0.15, 0.2) is 0 Å². The molecular weight excluding hydrogens is 402 g/mol. The first-order valence-electron chi connectivity index (χ1n) is 11.1. The van der Waals surface area contributed by atoms with Gasteiger partial charge in [0.25, 0.3) is 0 Å². The summed E-state index contributed by atoms with van der Waals surface area (Å²) in [4.78, 5) is 41.1. The number of para-hydroxylation sites is 1. The molecule has 2 amide bonds. The third-order valence-electron chi connectivity index (χ3n) is 6.64. The summed E-state index contributed by atoms with van der Waals surface area (Å²) >= 11 is 0. The zero-order valence-corrected chi connectivity index (χ0v) is 18.2. The van der Waals surface area contributed by atoms with Gasteiger partial charge in [-0.3, -0.25) is 24.5 Å². The van der Waals surface area contributed by atoms with E-state index in [4.69, 9.17) is 4.98 Å². The fourth-order valence-electron chi connectivity index (χ4n) is 4.90. The summed E-state index contributed by atoms with van der Waals surface area (Å²) < 4.78 is 0. The maximum Gasteiger partial charge on any atom is 0.242 e. The van der Waals surface area contributed by atoms with E-state index in [1.165, 1.54) is 0 Å². The lowest BCUT2D eigenvalue weighted by molar-refractivity contribution is -0.139. The molecule has 164 valence electrons. The molecule has 0 aliphatic carbocycles. The van der Waals surface area contributed by atoms with Crippen molar-refractivity contribution in [2.75, 3.05) is 26.7 Å². The fraction of sp³-hybridized carbons (Fsp3) is 0.360. The number of carbonyl (C=O) groups is 2. The first kappa shape index (κ1) is 20.6. The highest BCUT2D eigenvalue weighted by molar-refractivity contribution is 5.89. The number of likely N-dealkylation sites (N-methyl/N-ethyl adjacent to an activating group) is 1. The monoisotopic (exact) mass is 429 g/mol. The molecule has 2 saturated heterocycles. The van der Waals surface area contributed by atoms with E-state index >= 15 is 0 Å². The van der Waals surface area contributed by atoms with Crippen LogP contribution in [0.15, 0.2) is 60.9 Å². The van der Waals surface area contributed by atoms with Gasteiger partial charge in [-0.2, -0.15) is 0 Å². The number of benzene rings is 1. The van der Waals surface area contributed by atoms with Crippen molar-refractivity contribution >= 4 is 22.7 Å². The quantitative estimate of drug-likeness (QED) is 0.637. The lowest BCUT2D eigenvalue weighted by atomic mass is 9.90. The maximum atomic E-state index is 13.5. The SMILES string of the molecule is CN1C(=O)CN(Cc2cccnc2)C(=O)[C@H]2CN(Cc3ccc4ccccc4n3)CC[C@H]21. The normalized spacial score (nSPS) is 22.2. The molecule has 7 heteroatoms. The van der Waals surface area contributed by atoms with Crippen molar-refractivity contribution in [2.24, 2.45) is 5.92 Å². The molecule has 2 aliphatic rings. The largest absolute Gasteiger partial charge is 0.340 e. The number of hydrogen-bond donors (Lipinski definition) is 0. The number of amides is 2. The second-order valence-corrected chi connectivity index (χ2v) is 8.75. The molecule has 2 aromatic heterocycles. The van der Waals surface area contributed by atoms with E-state index in [9.17, 15) is 9.59 Å². The number of likely N-dealkylation sites (tertiary alicyclic amines) is 1. The van der Waals surface area contributed by atoms with Crippen LogP contribution in [0, 0.1) is 5.92 Å². The minimum atomic E-state index is -0.239. The van der Waals surface area contributed by atoms with E-state index in [2.05, 4.69) is 28.1 Å². The smallest absolute Gasteiger partial charge is 0.242 e. The molecule has 0 saturated carbocycles. The minimum absolute atomic E-state index is 0.000568. The van der Waals surface area contributed by atoms with Gasteiger partial charge in [0.05, 0.1) is 17.1 Å². The van der Waals surface area contributed by atoms with Gasteiger partial charge in [-0.05, 0) is 30.2 Å². The summed E-state index contributed by atoms with van der Waals surface area (Å²) in [7, 11) is 1.83. The van der Waals surface area contributed by atoms with Gasteiger partial charge in [0.2, 0.25) is 11.8 Å². The highest BCUT2D eigenvalue weighted by Crippen LogP contribution is 2.28. The van der Waals surface area contributed by atoms with E-state index in [-0.39, 0.29) is 30.3 Å². The van der Waals surface area contributed by atoms with E-state index in [0.29, 0.717) is 19.6 Å². The number of carbonyl (C=O) groups excluding carboxylic acids is 2. The van der Waals surface area contributed by atoms with E-state index < -0.39 is 0 Å². The van der Waals surface area contributed by atoms with Crippen LogP contribution < -0.4 is 0 Å². The second-order valence-electron chi connectivity index (χ2n) is 8.75. The zero-order valence-electron chi connectivity index (χ0n) is 18.2. The van der Waals surface area contributed by atoms with Crippen molar-refractivity contribution in [2.45, 2.75) is 25.6 Å². The number of hydrogen-bond acceptors (Lipinski definition) is 5. The molecule has 0 unspecified atom stereocenters. The van der Waals surface area contributed by atoms with Gasteiger partial charge < -0.3 is 9.80 Å². The van der Waals surface area contributed by atoms with Crippen LogP contribution in [0.2, 0.25) is 0 Å². The van der Waals surface area contributed by atoms with Crippen molar-refractivity contribution in [3.63, 3.8) is 0 Å². The molecule has 2 aliphatic heterocycles. The lowest BCUT2D eigenvalue weighted by Crippen LogP contribution is -2.53. The van der Waals surface area contributed by atoms with Gasteiger partial charge >= 0.3 is 0 Å². The van der Waals surface area contributed by atoms with Crippen molar-refractivity contribution < 1.29 is 9.59 Å². The molecule has 32 heavy (non-hydrogen) atoms. The van der Waals surface area contributed by atoms with Gasteiger partial charge in [0, 0.05) is 57.0 Å². The first-order valence-corrected chi connectivity index (χ1v) is 11.1. The Balaban J connectivity index is 1.35. The third kappa shape index (κ3) is 4.08. The van der Waals surface area contributed by atoms with Crippen molar-refractivity contribution in [1.82, 2.24) is 24.7 Å². The summed E-state index contributed by atoms with van der Waals surface area (Å²) in [6.45, 7) is 2.68. The number of fused-ring (bicyclic) bond motifs is 2. The van der Waals surface area contributed by atoms with Gasteiger partial charge in [0.1, 0.15) is 6.54 Å². The molecule has 0 N–H and O–H groups in total. The van der Waals surface area contributed by atoms with E-state index in [1.54, 1.807) is 22.2 Å². The number of aromatic nitrogens is 2. The van der Waals surface area contributed by atoms with Crippen LogP contribution in [0.4, 0.5) is 0 Å². The summed E-state index contributed by atoms with van der Waals surface area (Å²) in [5.41, 5.74) is 2.92. The van der Waals surface area contributed by atoms with Crippen molar-refractivity contribution in [3.8, 4) is 0 Å². The zero-order chi connectivity index (χ0) is 22.1. The average molecular weight is 430 g/mol. The Bertz CT molecular complexity index is 1140. The van der Waals surface area contributed by atoms with Crippen LogP contribution in [0.5, 0.6) is 0 Å². The Morgan fingerprint density at radius 2 is 1.91 bits per heavy atom. The Hall–Kier alpha value is -3.32. The van der Waals surface area contributed by atoms with Crippen molar-refractivity contribution in [3.05, 3.63) is 72.2 Å². The average Bonchev–Trinajstić information content (AvgIpc) is 2.90. The highest BCUT2D eigenvalue weighted by atomic mass is 16.2. The van der Waals surface area contributed by atoms with E-state index in [1.807, 2.05) is 37.4 Å². The number of piperidine rings is 1. The summed E-state index contributed by atoms with van der Waals surface area (Å²) in [5.74, 6) is -0.190. The number of rotatable bonds is 4. The Morgan fingerprint density at radius 3 is 2.75 bits per heavy atom. The molecule has 5 rings (SSSR count). The Kier molecular flexibility index (Phi) is 5.57. The van der Waals surface area contributed by atoms with Crippen LogP contribution in [-0.4, -0.2) is 69.2 Å². The maximum absolute atomic E-state index is 13.5. The molecule has 0 radical (unpaired) electrons. The van der Waals surface area contributed by atoms with Crippen LogP contribution in [0.1, 0.15) is 17.7 Å². The van der Waals surface area contributed by atoms with Crippen LogP contribution in [-0.2, 0) is 22.7 Å². The first-order chi connectivity index (χ1) is 15.6. The molecule has 2 fully saturated rings. The Labute approximate surface area is 187 Å². The fourth-order valence-corrected chi connectivity index (χ4v) is 4.90. The number of pyridine rings is 2. The molecule has 7 nitrogen and oxygen atoms in total.